The second kappa shape index (κ2) is 9.99. The number of aromatic nitrogens is 1. The zero-order chi connectivity index (χ0) is 27.1. The number of benzene rings is 3. The first-order valence-corrected chi connectivity index (χ1v) is 13.2. The fourth-order valence-corrected chi connectivity index (χ4v) is 6.17. The van der Waals surface area contributed by atoms with Crippen molar-refractivity contribution in [1.82, 2.24) is 4.57 Å². The number of para-hydroxylation sites is 1. The molecule has 39 heavy (non-hydrogen) atoms. The number of fused-ring (bicyclic) bond motifs is 1. The minimum absolute atomic E-state index is 0.0952. The lowest BCUT2D eigenvalue weighted by molar-refractivity contribution is -0.385. The molecule has 1 aliphatic heterocycles. The molecule has 0 N–H and O–H groups in total. The van der Waals surface area contributed by atoms with Crippen LogP contribution < -0.4 is 14.9 Å². The van der Waals surface area contributed by atoms with Crippen LogP contribution in [-0.4, -0.2) is 9.49 Å². The molecule has 0 saturated carbocycles. The minimum Gasteiger partial charge on any atom is -0.272 e. The van der Waals surface area contributed by atoms with E-state index in [4.69, 9.17) is 4.99 Å². The molecule has 1 unspecified atom stereocenters. The Hall–Kier alpha value is -4.50. The van der Waals surface area contributed by atoms with E-state index in [2.05, 4.69) is 0 Å². The number of halogens is 2. The first kappa shape index (κ1) is 24.8. The molecule has 9 heteroatoms. The number of hydrogen-bond donors (Lipinski definition) is 0. The predicted octanol–water partition coefficient (Wildman–Crippen LogP) is 5.67. The summed E-state index contributed by atoms with van der Waals surface area (Å²) in [5.41, 5.74) is 4.21. The van der Waals surface area contributed by atoms with Crippen molar-refractivity contribution in [2.24, 2.45) is 4.99 Å². The Morgan fingerprint density at radius 2 is 1.64 bits per heavy atom. The molecule has 2 heterocycles. The Morgan fingerprint density at radius 3 is 2.36 bits per heavy atom. The molecular weight excluding hydrogens is 520 g/mol. The quantitative estimate of drug-likeness (QED) is 0.247. The molecule has 6 nitrogen and oxygen atoms in total. The zero-order valence-corrected chi connectivity index (χ0v) is 21.3. The lowest BCUT2D eigenvalue weighted by Crippen LogP contribution is -2.39. The third-order valence-corrected chi connectivity index (χ3v) is 7.93. The molecule has 3 aromatic carbocycles. The van der Waals surface area contributed by atoms with Gasteiger partial charge in [-0.1, -0.05) is 47.7 Å². The van der Waals surface area contributed by atoms with Gasteiger partial charge in [0.25, 0.3) is 11.2 Å². The molecule has 4 aromatic rings. The van der Waals surface area contributed by atoms with Crippen LogP contribution in [0.25, 0.3) is 12.2 Å². The van der Waals surface area contributed by atoms with Gasteiger partial charge in [-0.15, -0.1) is 0 Å². The van der Waals surface area contributed by atoms with E-state index in [9.17, 15) is 23.7 Å². The largest absolute Gasteiger partial charge is 0.276 e. The Bertz CT molecular complexity index is 1850. The summed E-state index contributed by atoms with van der Waals surface area (Å²) in [4.78, 5) is 30.3. The fraction of sp³-hybridized carbons (Fsp3) is 0.133. The molecule has 1 aromatic heterocycles. The van der Waals surface area contributed by atoms with Crippen LogP contribution in [-0.2, 0) is 0 Å². The van der Waals surface area contributed by atoms with Crippen LogP contribution in [0.15, 0.2) is 99.4 Å². The molecule has 194 valence electrons. The topological polar surface area (TPSA) is 77.5 Å². The molecule has 2 aliphatic rings. The Kier molecular flexibility index (Phi) is 6.36. The smallest absolute Gasteiger partial charge is 0.272 e. The van der Waals surface area contributed by atoms with Crippen molar-refractivity contribution in [2.45, 2.75) is 25.3 Å². The number of thiazole rings is 1. The minimum atomic E-state index is -0.498. The molecule has 0 fully saturated rings. The fourth-order valence-electron chi connectivity index (χ4n) is 5.18. The highest BCUT2D eigenvalue weighted by molar-refractivity contribution is 7.07. The van der Waals surface area contributed by atoms with E-state index in [1.54, 1.807) is 47.0 Å². The van der Waals surface area contributed by atoms with Gasteiger partial charge in [-0.2, -0.15) is 0 Å². The first-order chi connectivity index (χ1) is 18.9. The lowest BCUT2D eigenvalue weighted by Gasteiger charge is -2.31. The van der Waals surface area contributed by atoms with Crippen molar-refractivity contribution in [3.8, 4) is 0 Å². The maximum absolute atomic E-state index is 13.9. The van der Waals surface area contributed by atoms with E-state index in [1.807, 2.05) is 6.08 Å². The molecular formula is C30H21F2N3O3S. The van der Waals surface area contributed by atoms with Crippen LogP contribution in [0.2, 0.25) is 0 Å². The SMILES string of the molecule is O=c1/c(=C\c2ccccc2[N+](=O)[O-])sc2n1C(c1ccc(F)cc1)C1=C(N=2)/C(=C/c2ccc(F)cc2)CCC1. The molecule has 0 bridgehead atoms. The highest BCUT2D eigenvalue weighted by atomic mass is 32.1. The van der Waals surface area contributed by atoms with Crippen molar-refractivity contribution in [3.63, 3.8) is 0 Å². The van der Waals surface area contributed by atoms with Crippen molar-refractivity contribution >= 4 is 29.2 Å². The standard InChI is InChI=1S/C30H21F2N3O3S/c31-22-12-8-18(9-13-22)16-21-5-3-6-24-27(21)33-30-34(28(24)19-10-14-23(32)15-11-19)29(36)26(39-30)17-20-4-1-2-7-25(20)35(37)38/h1-2,4,7-17,28H,3,5-6H2/b21-16+,26-17+. The third-order valence-electron chi connectivity index (χ3n) is 6.95. The van der Waals surface area contributed by atoms with Gasteiger partial charge in [-0.05, 0) is 84.0 Å². The highest BCUT2D eigenvalue weighted by Gasteiger charge is 2.32. The molecule has 1 aliphatic carbocycles. The van der Waals surface area contributed by atoms with Crippen molar-refractivity contribution < 1.29 is 13.7 Å². The van der Waals surface area contributed by atoms with Gasteiger partial charge in [-0.3, -0.25) is 19.5 Å². The molecule has 0 saturated heterocycles. The summed E-state index contributed by atoms with van der Waals surface area (Å²) in [6.07, 6.45) is 5.82. The molecule has 6 rings (SSSR count). The summed E-state index contributed by atoms with van der Waals surface area (Å²) in [7, 11) is 0. The molecule has 0 amide bonds. The van der Waals surface area contributed by atoms with E-state index in [1.165, 1.54) is 47.7 Å². The molecule has 1 atom stereocenters. The van der Waals surface area contributed by atoms with Crippen LogP contribution >= 0.6 is 11.3 Å². The maximum Gasteiger partial charge on any atom is 0.276 e. The van der Waals surface area contributed by atoms with Gasteiger partial charge in [0.1, 0.15) is 11.6 Å². The molecule has 0 radical (unpaired) electrons. The summed E-state index contributed by atoms with van der Waals surface area (Å²) >= 11 is 1.17. The summed E-state index contributed by atoms with van der Waals surface area (Å²) in [6.45, 7) is 0. The number of nitrogens with zero attached hydrogens (tertiary/aromatic N) is 3. The lowest BCUT2D eigenvalue weighted by atomic mass is 9.84. The van der Waals surface area contributed by atoms with Crippen molar-refractivity contribution in [2.75, 3.05) is 0 Å². The van der Waals surface area contributed by atoms with Gasteiger partial charge >= 0.3 is 0 Å². The average Bonchev–Trinajstić information content (AvgIpc) is 3.24. The van der Waals surface area contributed by atoms with Gasteiger partial charge in [0.2, 0.25) is 0 Å². The van der Waals surface area contributed by atoms with Gasteiger partial charge in [0, 0.05) is 6.07 Å². The van der Waals surface area contributed by atoms with E-state index in [0.29, 0.717) is 21.3 Å². The average molecular weight is 542 g/mol. The van der Waals surface area contributed by atoms with Crippen LogP contribution in [0.5, 0.6) is 0 Å². The number of allylic oxidation sites excluding steroid dienone is 2. The Balaban J connectivity index is 1.58. The summed E-state index contributed by atoms with van der Waals surface area (Å²) < 4.78 is 29.3. The number of hydrogen-bond acceptors (Lipinski definition) is 5. The summed E-state index contributed by atoms with van der Waals surface area (Å²) in [5, 5.41) is 11.6. The van der Waals surface area contributed by atoms with Gasteiger partial charge in [0.15, 0.2) is 4.80 Å². The van der Waals surface area contributed by atoms with Gasteiger partial charge in [-0.25, -0.2) is 13.8 Å². The maximum atomic E-state index is 13.9. The predicted molar refractivity (Wildman–Crippen MR) is 146 cm³/mol. The third kappa shape index (κ3) is 4.66. The van der Waals surface area contributed by atoms with E-state index in [-0.39, 0.29) is 22.9 Å². The zero-order valence-electron chi connectivity index (χ0n) is 20.5. The van der Waals surface area contributed by atoms with Gasteiger partial charge < -0.3 is 0 Å². The van der Waals surface area contributed by atoms with E-state index in [0.717, 1.165) is 40.8 Å². The second-order valence-corrected chi connectivity index (χ2v) is 10.4. The van der Waals surface area contributed by atoms with Crippen LogP contribution in [0.1, 0.15) is 42.0 Å². The summed E-state index contributed by atoms with van der Waals surface area (Å²) in [6, 6.07) is 18.1. The Labute approximate surface area is 225 Å². The number of rotatable bonds is 4. The number of nitro benzene ring substituents is 1. The highest BCUT2D eigenvalue weighted by Crippen LogP contribution is 2.41. The van der Waals surface area contributed by atoms with Crippen LogP contribution in [0.4, 0.5) is 14.5 Å². The first-order valence-electron chi connectivity index (χ1n) is 12.4. The van der Waals surface area contributed by atoms with E-state index >= 15 is 0 Å². The second-order valence-electron chi connectivity index (χ2n) is 9.40. The van der Waals surface area contributed by atoms with Crippen LogP contribution in [0, 0.1) is 21.7 Å². The number of nitro groups is 1. The Morgan fingerprint density at radius 1 is 0.949 bits per heavy atom. The molecule has 0 spiro atoms. The monoisotopic (exact) mass is 541 g/mol. The van der Waals surface area contributed by atoms with E-state index < -0.39 is 11.0 Å². The van der Waals surface area contributed by atoms with Crippen molar-refractivity contribution in [3.05, 3.63) is 148 Å². The van der Waals surface area contributed by atoms with Crippen LogP contribution in [0.3, 0.4) is 0 Å². The van der Waals surface area contributed by atoms with Gasteiger partial charge in [0.05, 0.1) is 26.8 Å². The summed E-state index contributed by atoms with van der Waals surface area (Å²) in [5.74, 6) is -0.693. The normalized spacial score (nSPS) is 18.1. The van der Waals surface area contributed by atoms with Crippen molar-refractivity contribution in [1.29, 1.82) is 0 Å².